The largest absolute Gasteiger partial charge is 0.456 e. The minimum Gasteiger partial charge on any atom is -0.456 e. The van der Waals surface area contributed by atoms with Gasteiger partial charge in [-0.25, -0.2) is 4.99 Å². The number of allylic oxidation sites excluding steroid dienone is 6. The number of para-hydroxylation sites is 1. The second kappa shape index (κ2) is 15.0. The summed E-state index contributed by atoms with van der Waals surface area (Å²) in [6.45, 7) is 2.03. The van der Waals surface area contributed by atoms with Crippen molar-refractivity contribution in [1.29, 1.82) is 0 Å². The SMILES string of the molecule is C\C=C/C=C\C=C\C1(c2ccccc2)c2ccccc2-c2cc(N/C(=N\C(N)c3cccc(-c4ccccc4)c3)c3ccc4c(c3)oc3ccccc34)ccc21. The van der Waals surface area contributed by atoms with E-state index in [1.807, 2.05) is 67.6 Å². The number of furan rings is 1. The number of rotatable bonds is 9. The second-order valence-electron chi connectivity index (χ2n) is 14.1. The van der Waals surface area contributed by atoms with Crippen LogP contribution in [0, 0.1) is 0 Å². The van der Waals surface area contributed by atoms with E-state index < -0.39 is 11.6 Å². The molecule has 0 radical (unpaired) electrons. The van der Waals surface area contributed by atoms with E-state index in [2.05, 4.69) is 151 Å². The van der Waals surface area contributed by atoms with Gasteiger partial charge in [-0.3, -0.25) is 0 Å². The van der Waals surface area contributed by atoms with E-state index in [0.29, 0.717) is 5.84 Å². The number of nitrogens with zero attached hydrogens (tertiary/aromatic N) is 1. The molecule has 4 heteroatoms. The van der Waals surface area contributed by atoms with Crippen LogP contribution in [-0.4, -0.2) is 5.84 Å². The van der Waals surface area contributed by atoms with Crippen LogP contribution in [0.1, 0.15) is 40.9 Å². The molecule has 4 nitrogen and oxygen atoms in total. The van der Waals surface area contributed by atoms with Gasteiger partial charge in [0.05, 0.1) is 5.41 Å². The molecule has 56 heavy (non-hydrogen) atoms. The summed E-state index contributed by atoms with van der Waals surface area (Å²) >= 11 is 0. The average molecular weight is 724 g/mol. The minimum absolute atomic E-state index is 0.471. The molecule has 0 saturated heterocycles. The van der Waals surface area contributed by atoms with Gasteiger partial charge in [0, 0.05) is 22.0 Å². The number of amidine groups is 1. The summed E-state index contributed by atoms with van der Waals surface area (Å²) in [5.74, 6) is 0.652. The molecule has 270 valence electrons. The van der Waals surface area contributed by atoms with Crippen molar-refractivity contribution in [3.63, 3.8) is 0 Å². The predicted octanol–water partition coefficient (Wildman–Crippen LogP) is 12.8. The summed E-state index contributed by atoms with van der Waals surface area (Å²) in [6, 6.07) is 59.2. The van der Waals surface area contributed by atoms with E-state index in [-0.39, 0.29) is 0 Å². The van der Waals surface area contributed by atoms with Gasteiger partial charge in [-0.2, -0.15) is 0 Å². The molecule has 3 N–H and O–H groups in total. The molecule has 1 heterocycles. The molecule has 1 aromatic heterocycles. The number of aliphatic imine (C=N–C) groups is 1. The van der Waals surface area contributed by atoms with Crippen molar-refractivity contribution < 1.29 is 4.42 Å². The Morgan fingerprint density at radius 3 is 2.18 bits per heavy atom. The molecule has 7 aromatic carbocycles. The highest BCUT2D eigenvalue weighted by Crippen LogP contribution is 2.54. The predicted molar refractivity (Wildman–Crippen MR) is 234 cm³/mol. The molecule has 0 saturated carbocycles. The lowest BCUT2D eigenvalue weighted by Gasteiger charge is -2.30. The number of nitrogens with one attached hydrogen (secondary N) is 1. The Bertz CT molecular complexity index is 2810. The van der Waals surface area contributed by atoms with Crippen LogP contribution in [0.4, 0.5) is 5.69 Å². The molecule has 0 amide bonds. The standard InChI is InChI=1S/C52H41N3O/c1-2-3-4-5-16-32-52(40-22-10-7-11-23-40)46-26-14-12-24-42(46)45-35-41(29-31-47(45)52)54-51(39-28-30-44-43-25-13-15-27-48(43)56-49(44)34-39)55-50(53)38-21-17-20-37(33-38)36-18-8-6-9-19-36/h2-35,50H,53H2,1H3,(H,54,55)/b3-2-,5-4-,32-16+. The number of benzene rings is 7. The van der Waals surface area contributed by atoms with Crippen LogP contribution in [0.3, 0.4) is 0 Å². The van der Waals surface area contributed by atoms with Gasteiger partial charge in [0.2, 0.25) is 0 Å². The topological polar surface area (TPSA) is 63.5 Å². The van der Waals surface area contributed by atoms with Crippen LogP contribution in [0.5, 0.6) is 0 Å². The summed E-state index contributed by atoms with van der Waals surface area (Å²) in [6.07, 6.45) is 12.1. The number of hydrogen-bond donors (Lipinski definition) is 2. The Labute approximate surface area is 327 Å². The zero-order valence-electron chi connectivity index (χ0n) is 31.1. The van der Waals surface area contributed by atoms with Crippen LogP contribution >= 0.6 is 0 Å². The minimum atomic E-state index is -0.630. The molecular weight excluding hydrogens is 683 g/mol. The first-order valence-corrected chi connectivity index (χ1v) is 19.1. The fraction of sp³-hybridized carbons (Fsp3) is 0.0577. The highest BCUT2D eigenvalue weighted by Gasteiger charge is 2.42. The molecular formula is C52H41N3O. The first-order valence-electron chi connectivity index (χ1n) is 19.1. The molecule has 1 aliphatic carbocycles. The molecule has 0 spiro atoms. The molecule has 1 aliphatic rings. The van der Waals surface area contributed by atoms with Gasteiger partial charge >= 0.3 is 0 Å². The summed E-state index contributed by atoms with van der Waals surface area (Å²) in [5, 5.41) is 5.87. The second-order valence-corrected chi connectivity index (χ2v) is 14.1. The van der Waals surface area contributed by atoms with E-state index in [4.69, 9.17) is 15.1 Å². The molecule has 0 aliphatic heterocycles. The lowest BCUT2D eigenvalue weighted by atomic mass is 9.72. The van der Waals surface area contributed by atoms with Crippen LogP contribution in [-0.2, 0) is 5.41 Å². The number of nitrogens with two attached hydrogens (primary N) is 1. The van der Waals surface area contributed by atoms with Crippen LogP contribution in [0.25, 0.3) is 44.2 Å². The normalized spacial score (nSPS) is 15.9. The first kappa shape index (κ1) is 34.7. The number of fused-ring (bicyclic) bond motifs is 6. The zero-order chi connectivity index (χ0) is 37.9. The van der Waals surface area contributed by atoms with Crippen molar-refractivity contribution in [3.05, 3.63) is 234 Å². The van der Waals surface area contributed by atoms with E-state index in [9.17, 15) is 0 Å². The monoisotopic (exact) mass is 723 g/mol. The molecule has 2 atom stereocenters. The average Bonchev–Trinajstić information content (AvgIpc) is 3.77. The molecule has 0 bridgehead atoms. The van der Waals surface area contributed by atoms with Gasteiger partial charge in [-0.05, 0) is 87.8 Å². The molecule has 9 rings (SSSR count). The Balaban J connectivity index is 1.16. The van der Waals surface area contributed by atoms with Gasteiger partial charge in [0.15, 0.2) is 0 Å². The third-order valence-electron chi connectivity index (χ3n) is 10.7. The number of hydrogen-bond acceptors (Lipinski definition) is 3. The first-order chi connectivity index (χ1) is 27.6. The van der Waals surface area contributed by atoms with Gasteiger partial charge in [0.25, 0.3) is 0 Å². The summed E-state index contributed by atoms with van der Waals surface area (Å²) in [5.41, 5.74) is 19.1. The zero-order valence-corrected chi connectivity index (χ0v) is 31.1. The van der Waals surface area contributed by atoms with Crippen molar-refractivity contribution in [3.8, 4) is 22.3 Å². The maximum atomic E-state index is 6.97. The third kappa shape index (κ3) is 6.36. The Kier molecular flexibility index (Phi) is 9.32. The fourth-order valence-electron chi connectivity index (χ4n) is 8.06. The van der Waals surface area contributed by atoms with Crippen molar-refractivity contribution in [2.45, 2.75) is 18.5 Å². The van der Waals surface area contributed by atoms with E-state index in [1.54, 1.807) is 0 Å². The highest BCUT2D eigenvalue weighted by molar-refractivity contribution is 6.12. The van der Waals surface area contributed by atoms with Crippen molar-refractivity contribution in [1.82, 2.24) is 0 Å². The number of anilines is 1. The maximum absolute atomic E-state index is 6.97. The van der Waals surface area contributed by atoms with Crippen LogP contribution < -0.4 is 11.1 Å². The third-order valence-corrected chi connectivity index (χ3v) is 10.7. The van der Waals surface area contributed by atoms with Gasteiger partial charge in [-0.15, -0.1) is 0 Å². The van der Waals surface area contributed by atoms with E-state index >= 15 is 0 Å². The summed E-state index contributed by atoms with van der Waals surface area (Å²) < 4.78 is 6.34. The van der Waals surface area contributed by atoms with Crippen molar-refractivity contribution in [2.75, 3.05) is 5.32 Å². The maximum Gasteiger partial charge on any atom is 0.136 e. The van der Waals surface area contributed by atoms with Crippen LogP contribution in [0.15, 0.2) is 216 Å². The van der Waals surface area contributed by atoms with Crippen molar-refractivity contribution >= 4 is 33.5 Å². The molecule has 8 aromatic rings. The quantitative estimate of drug-likeness (QED) is 0.0885. The summed E-state index contributed by atoms with van der Waals surface area (Å²) in [7, 11) is 0. The van der Waals surface area contributed by atoms with Gasteiger partial charge in [0.1, 0.15) is 23.2 Å². The van der Waals surface area contributed by atoms with Crippen LogP contribution in [0.2, 0.25) is 0 Å². The van der Waals surface area contributed by atoms with Crippen molar-refractivity contribution in [2.24, 2.45) is 10.7 Å². The Morgan fingerprint density at radius 1 is 0.607 bits per heavy atom. The summed E-state index contributed by atoms with van der Waals surface area (Å²) in [4.78, 5) is 5.20. The molecule has 0 fully saturated rings. The highest BCUT2D eigenvalue weighted by atomic mass is 16.3. The lowest BCUT2D eigenvalue weighted by molar-refractivity contribution is 0.669. The molecule has 2 unspecified atom stereocenters. The van der Waals surface area contributed by atoms with E-state index in [0.717, 1.165) is 49.9 Å². The Morgan fingerprint density at radius 2 is 1.32 bits per heavy atom. The smallest absolute Gasteiger partial charge is 0.136 e. The lowest BCUT2D eigenvalue weighted by Crippen LogP contribution is -2.24. The Hall–Kier alpha value is -7.01. The van der Waals surface area contributed by atoms with E-state index in [1.165, 1.54) is 27.8 Å². The van der Waals surface area contributed by atoms with Gasteiger partial charge < -0.3 is 15.5 Å². The fourth-order valence-corrected chi connectivity index (χ4v) is 8.06. The van der Waals surface area contributed by atoms with Gasteiger partial charge in [-0.1, -0.05) is 170 Å².